The highest BCUT2D eigenvalue weighted by Gasteiger charge is 2.16. The fraction of sp³-hybridized carbons (Fsp3) is 0.188. The molecule has 0 aliphatic carbocycles. The van der Waals surface area contributed by atoms with E-state index in [2.05, 4.69) is 5.32 Å². The summed E-state index contributed by atoms with van der Waals surface area (Å²) in [6, 6.07) is 13.5. The summed E-state index contributed by atoms with van der Waals surface area (Å²) in [6.07, 6.45) is 0. The molecule has 22 heavy (non-hydrogen) atoms. The van der Waals surface area contributed by atoms with Crippen molar-refractivity contribution in [3.05, 3.63) is 69.8 Å². The molecular formula is C16H17N3O3. The van der Waals surface area contributed by atoms with Crippen molar-refractivity contribution in [2.24, 2.45) is 0 Å². The largest absolute Gasteiger partial charge is 0.323 e. The zero-order valence-electron chi connectivity index (χ0n) is 12.4. The lowest BCUT2D eigenvalue weighted by Crippen LogP contribution is -2.31. The van der Waals surface area contributed by atoms with Crippen LogP contribution in [0.5, 0.6) is 0 Å². The van der Waals surface area contributed by atoms with Crippen LogP contribution in [-0.4, -0.2) is 22.9 Å². The maximum absolute atomic E-state index is 12.1. The van der Waals surface area contributed by atoms with Crippen molar-refractivity contribution in [1.82, 2.24) is 4.90 Å². The van der Waals surface area contributed by atoms with Crippen LogP contribution in [0.1, 0.15) is 11.1 Å². The first-order valence-electron chi connectivity index (χ1n) is 6.78. The van der Waals surface area contributed by atoms with E-state index < -0.39 is 4.92 Å². The number of benzene rings is 2. The van der Waals surface area contributed by atoms with E-state index in [-0.39, 0.29) is 18.3 Å². The van der Waals surface area contributed by atoms with Crippen molar-refractivity contribution >= 4 is 17.4 Å². The predicted octanol–water partition coefficient (Wildman–Crippen LogP) is 3.57. The second-order valence-corrected chi connectivity index (χ2v) is 5.04. The van der Waals surface area contributed by atoms with Crippen LogP contribution in [0.4, 0.5) is 16.2 Å². The number of amides is 2. The molecule has 0 aromatic heterocycles. The Hall–Kier alpha value is -2.89. The minimum atomic E-state index is -0.443. The number of para-hydroxylation sites is 1. The van der Waals surface area contributed by atoms with Gasteiger partial charge in [-0.3, -0.25) is 10.1 Å². The molecule has 6 nitrogen and oxygen atoms in total. The molecule has 0 atom stereocenters. The molecule has 2 amide bonds. The van der Waals surface area contributed by atoms with Gasteiger partial charge in [-0.05, 0) is 19.1 Å². The number of nitro benzene ring substituents is 1. The lowest BCUT2D eigenvalue weighted by molar-refractivity contribution is -0.385. The van der Waals surface area contributed by atoms with Gasteiger partial charge in [-0.15, -0.1) is 0 Å². The van der Waals surface area contributed by atoms with Crippen molar-refractivity contribution in [1.29, 1.82) is 0 Å². The van der Waals surface area contributed by atoms with Gasteiger partial charge in [0, 0.05) is 24.4 Å². The molecule has 1 N–H and O–H groups in total. The molecule has 0 heterocycles. The number of nitrogens with zero attached hydrogens (tertiary/aromatic N) is 2. The number of aryl methyl sites for hydroxylation is 1. The van der Waals surface area contributed by atoms with E-state index in [0.29, 0.717) is 11.3 Å². The number of carbonyl (C=O) groups is 1. The van der Waals surface area contributed by atoms with Crippen LogP contribution in [0.3, 0.4) is 0 Å². The fourth-order valence-electron chi connectivity index (χ4n) is 2.01. The first-order chi connectivity index (χ1) is 10.5. The summed E-state index contributed by atoms with van der Waals surface area (Å²) in [5.74, 6) is 0. The zero-order chi connectivity index (χ0) is 16.1. The van der Waals surface area contributed by atoms with E-state index in [0.717, 1.165) is 5.56 Å². The number of nitro groups is 1. The average molecular weight is 299 g/mol. The molecule has 0 spiro atoms. The third kappa shape index (κ3) is 3.82. The molecule has 0 saturated heterocycles. The Balaban J connectivity index is 2.05. The van der Waals surface area contributed by atoms with Crippen LogP contribution in [0, 0.1) is 17.0 Å². The van der Waals surface area contributed by atoms with Gasteiger partial charge >= 0.3 is 6.03 Å². The van der Waals surface area contributed by atoms with Crippen LogP contribution < -0.4 is 5.32 Å². The summed E-state index contributed by atoms with van der Waals surface area (Å²) in [6.45, 7) is 2.13. The Labute approximate surface area is 128 Å². The Morgan fingerprint density at radius 3 is 2.45 bits per heavy atom. The van der Waals surface area contributed by atoms with Crippen LogP contribution >= 0.6 is 0 Å². The molecule has 0 bridgehead atoms. The Bertz CT molecular complexity index is 683. The Kier molecular flexibility index (Phi) is 4.73. The molecule has 2 aromatic rings. The lowest BCUT2D eigenvalue weighted by atomic mass is 10.2. The third-order valence-corrected chi connectivity index (χ3v) is 3.25. The van der Waals surface area contributed by atoms with Crippen LogP contribution in [0.15, 0.2) is 48.5 Å². The number of nitrogens with one attached hydrogen (secondary N) is 1. The summed E-state index contributed by atoms with van der Waals surface area (Å²) in [7, 11) is 1.60. The number of carbonyl (C=O) groups excluding carboxylic acids is 1. The highest BCUT2D eigenvalue weighted by molar-refractivity contribution is 5.89. The Morgan fingerprint density at radius 1 is 1.18 bits per heavy atom. The maximum Gasteiger partial charge on any atom is 0.321 e. The Morgan fingerprint density at radius 2 is 1.82 bits per heavy atom. The molecule has 114 valence electrons. The number of hydrogen-bond acceptors (Lipinski definition) is 3. The molecule has 2 rings (SSSR count). The smallest absolute Gasteiger partial charge is 0.321 e. The number of hydrogen-bond donors (Lipinski definition) is 1. The first kappa shape index (κ1) is 15.5. The average Bonchev–Trinajstić information content (AvgIpc) is 2.49. The standard InChI is InChI=1S/C16H17N3O3/c1-12-7-9-14(10-8-12)17-16(20)18(2)11-13-5-3-4-6-15(13)19(21)22/h3-10H,11H2,1-2H3,(H,17,20). The van der Waals surface area contributed by atoms with Crippen molar-refractivity contribution in [2.75, 3.05) is 12.4 Å². The number of rotatable bonds is 4. The third-order valence-electron chi connectivity index (χ3n) is 3.25. The van der Waals surface area contributed by atoms with Crippen LogP contribution in [-0.2, 0) is 6.54 Å². The highest BCUT2D eigenvalue weighted by atomic mass is 16.6. The van der Waals surface area contributed by atoms with Gasteiger partial charge < -0.3 is 10.2 Å². The summed E-state index contributed by atoms with van der Waals surface area (Å²) in [4.78, 5) is 24.1. The van der Waals surface area contributed by atoms with Gasteiger partial charge in [0.15, 0.2) is 0 Å². The van der Waals surface area contributed by atoms with Gasteiger partial charge in [-0.2, -0.15) is 0 Å². The minimum Gasteiger partial charge on any atom is -0.323 e. The summed E-state index contributed by atoms with van der Waals surface area (Å²) in [5.41, 5.74) is 2.29. The second kappa shape index (κ2) is 6.71. The molecule has 0 unspecified atom stereocenters. The normalized spacial score (nSPS) is 10.1. The molecule has 0 saturated carbocycles. The lowest BCUT2D eigenvalue weighted by Gasteiger charge is -2.18. The molecular weight excluding hydrogens is 282 g/mol. The van der Waals surface area contributed by atoms with E-state index in [1.165, 1.54) is 11.0 Å². The fourth-order valence-corrected chi connectivity index (χ4v) is 2.01. The molecule has 0 radical (unpaired) electrons. The van der Waals surface area contributed by atoms with E-state index in [4.69, 9.17) is 0 Å². The van der Waals surface area contributed by atoms with Gasteiger partial charge in [0.25, 0.3) is 5.69 Å². The van der Waals surface area contributed by atoms with Crippen LogP contribution in [0.2, 0.25) is 0 Å². The van der Waals surface area contributed by atoms with Crippen molar-refractivity contribution in [3.8, 4) is 0 Å². The minimum absolute atomic E-state index is 0.0116. The summed E-state index contributed by atoms with van der Waals surface area (Å²) >= 11 is 0. The quantitative estimate of drug-likeness (QED) is 0.692. The molecule has 0 aliphatic rings. The monoisotopic (exact) mass is 299 g/mol. The van der Waals surface area contributed by atoms with E-state index in [1.54, 1.807) is 25.2 Å². The first-order valence-corrected chi connectivity index (χ1v) is 6.78. The number of urea groups is 1. The van der Waals surface area contributed by atoms with Crippen molar-refractivity contribution < 1.29 is 9.72 Å². The predicted molar refractivity (Wildman–Crippen MR) is 84.8 cm³/mol. The highest BCUT2D eigenvalue weighted by Crippen LogP contribution is 2.19. The molecule has 0 aliphatic heterocycles. The van der Waals surface area contributed by atoms with Gasteiger partial charge in [-0.1, -0.05) is 35.9 Å². The van der Waals surface area contributed by atoms with Crippen LogP contribution in [0.25, 0.3) is 0 Å². The summed E-state index contributed by atoms with van der Waals surface area (Å²) < 4.78 is 0. The molecule has 2 aromatic carbocycles. The maximum atomic E-state index is 12.1. The SMILES string of the molecule is Cc1ccc(NC(=O)N(C)Cc2ccccc2[N+](=O)[O-])cc1. The van der Waals surface area contributed by atoms with Gasteiger partial charge in [-0.25, -0.2) is 4.79 Å². The van der Waals surface area contributed by atoms with E-state index in [1.807, 2.05) is 31.2 Å². The van der Waals surface area contributed by atoms with Gasteiger partial charge in [0.1, 0.15) is 0 Å². The van der Waals surface area contributed by atoms with E-state index >= 15 is 0 Å². The number of anilines is 1. The van der Waals surface area contributed by atoms with Crippen molar-refractivity contribution in [3.63, 3.8) is 0 Å². The van der Waals surface area contributed by atoms with E-state index in [9.17, 15) is 14.9 Å². The topological polar surface area (TPSA) is 75.5 Å². The molecule has 6 heteroatoms. The second-order valence-electron chi connectivity index (χ2n) is 5.04. The van der Waals surface area contributed by atoms with Gasteiger partial charge in [0.05, 0.1) is 11.5 Å². The molecule has 0 fully saturated rings. The summed E-state index contributed by atoms with van der Waals surface area (Å²) in [5, 5.41) is 13.7. The van der Waals surface area contributed by atoms with Crippen molar-refractivity contribution in [2.45, 2.75) is 13.5 Å². The van der Waals surface area contributed by atoms with Gasteiger partial charge in [0.2, 0.25) is 0 Å². The zero-order valence-corrected chi connectivity index (χ0v) is 12.4.